The molecule has 0 aromatic heterocycles. The molecule has 5 nitrogen and oxygen atoms in total. The van der Waals surface area contributed by atoms with Gasteiger partial charge in [-0.3, -0.25) is 0 Å². The van der Waals surface area contributed by atoms with Crippen LogP contribution in [0.2, 0.25) is 0 Å². The predicted molar refractivity (Wildman–Crippen MR) is 70.3 cm³/mol. The molecule has 1 heterocycles. The van der Waals surface area contributed by atoms with Crippen molar-refractivity contribution in [3.63, 3.8) is 0 Å². The Balaban J connectivity index is 2.19. The molecule has 0 bridgehead atoms. The average molecular weight is 262 g/mol. The molecular formula is C14H18N2O3. The molecule has 0 saturated carbocycles. The minimum Gasteiger partial charge on any atom is -0.475 e. The minimum absolute atomic E-state index is 0.231. The van der Waals surface area contributed by atoms with E-state index >= 15 is 0 Å². The maximum absolute atomic E-state index is 8.85. The Bertz CT molecular complexity index is 482. The van der Waals surface area contributed by atoms with Gasteiger partial charge in [-0.15, -0.1) is 0 Å². The Kier molecular flexibility index (Phi) is 4.48. The predicted octanol–water partition coefficient (Wildman–Crippen LogP) is 2.21. The van der Waals surface area contributed by atoms with Crippen LogP contribution in [0.5, 0.6) is 17.2 Å². The number of benzene rings is 1. The second kappa shape index (κ2) is 6.30. The molecule has 1 atom stereocenters. The summed E-state index contributed by atoms with van der Waals surface area (Å²) in [6, 6.07) is 5.76. The van der Waals surface area contributed by atoms with Crippen LogP contribution in [-0.4, -0.2) is 19.4 Å². The lowest BCUT2D eigenvalue weighted by Gasteiger charge is -2.14. The van der Waals surface area contributed by atoms with Gasteiger partial charge in [-0.1, -0.05) is 6.92 Å². The van der Waals surface area contributed by atoms with Gasteiger partial charge in [0.25, 0.3) is 0 Å². The van der Waals surface area contributed by atoms with Gasteiger partial charge < -0.3 is 19.5 Å². The lowest BCUT2D eigenvalue weighted by atomic mass is 10.1. The number of ether oxygens (including phenoxy) is 3. The fourth-order valence-corrected chi connectivity index (χ4v) is 1.83. The van der Waals surface area contributed by atoms with Crippen LogP contribution in [0.15, 0.2) is 12.1 Å². The first-order valence-corrected chi connectivity index (χ1v) is 6.44. The number of fused-ring (bicyclic) bond motifs is 1. The highest BCUT2D eigenvalue weighted by Gasteiger charge is 2.19. The van der Waals surface area contributed by atoms with Crippen molar-refractivity contribution in [1.29, 1.82) is 5.26 Å². The molecule has 1 aromatic rings. The molecule has 1 aromatic carbocycles. The van der Waals surface area contributed by atoms with E-state index in [0.717, 1.165) is 24.3 Å². The van der Waals surface area contributed by atoms with Gasteiger partial charge in [0.15, 0.2) is 17.6 Å². The summed E-state index contributed by atoms with van der Waals surface area (Å²) in [5.74, 6) is 2.06. The van der Waals surface area contributed by atoms with Crippen molar-refractivity contribution in [2.45, 2.75) is 32.9 Å². The highest BCUT2D eigenvalue weighted by Crippen LogP contribution is 2.38. The van der Waals surface area contributed by atoms with Gasteiger partial charge in [-0.2, -0.15) is 5.26 Å². The standard InChI is InChI=1S/C14H18N2O3/c1-3-4-16-8-11-5-13-14(18-9-17-13)6-12(11)19-10(2)7-15/h5-6,10,16H,3-4,8-9H2,1-2H3. The molecule has 1 unspecified atom stereocenters. The van der Waals surface area contributed by atoms with Crippen molar-refractivity contribution < 1.29 is 14.2 Å². The third-order valence-corrected chi connectivity index (χ3v) is 2.78. The lowest BCUT2D eigenvalue weighted by Crippen LogP contribution is -2.16. The molecule has 0 aliphatic carbocycles. The number of rotatable bonds is 6. The highest BCUT2D eigenvalue weighted by molar-refractivity contribution is 5.52. The summed E-state index contributed by atoms with van der Waals surface area (Å²) >= 11 is 0. The quantitative estimate of drug-likeness (QED) is 0.796. The van der Waals surface area contributed by atoms with E-state index in [1.165, 1.54) is 0 Å². The van der Waals surface area contributed by atoms with Crippen molar-refractivity contribution in [1.82, 2.24) is 5.32 Å². The molecule has 0 fully saturated rings. The molecule has 1 aliphatic heterocycles. The molecule has 0 amide bonds. The Hall–Kier alpha value is -1.93. The molecule has 0 radical (unpaired) electrons. The van der Waals surface area contributed by atoms with E-state index < -0.39 is 6.10 Å². The van der Waals surface area contributed by atoms with Crippen LogP contribution in [0.3, 0.4) is 0 Å². The topological polar surface area (TPSA) is 63.5 Å². The van der Waals surface area contributed by atoms with Crippen LogP contribution in [0.4, 0.5) is 0 Å². The summed E-state index contributed by atoms with van der Waals surface area (Å²) in [5, 5.41) is 12.2. The van der Waals surface area contributed by atoms with Crippen LogP contribution in [0.1, 0.15) is 25.8 Å². The van der Waals surface area contributed by atoms with Gasteiger partial charge in [0.05, 0.1) is 0 Å². The fraction of sp³-hybridized carbons (Fsp3) is 0.500. The normalized spacial score (nSPS) is 13.9. The van der Waals surface area contributed by atoms with Crippen molar-refractivity contribution >= 4 is 0 Å². The molecule has 0 spiro atoms. The zero-order chi connectivity index (χ0) is 13.7. The largest absolute Gasteiger partial charge is 0.475 e. The smallest absolute Gasteiger partial charge is 0.231 e. The number of hydrogen-bond donors (Lipinski definition) is 1. The van der Waals surface area contributed by atoms with E-state index in [-0.39, 0.29) is 6.79 Å². The zero-order valence-corrected chi connectivity index (χ0v) is 11.2. The third-order valence-electron chi connectivity index (χ3n) is 2.78. The van der Waals surface area contributed by atoms with Crippen LogP contribution in [-0.2, 0) is 6.54 Å². The molecule has 1 N–H and O–H groups in total. The van der Waals surface area contributed by atoms with Crippen molar-refractivity contribution in [3.05, 3.63) is 17.7 Å². The van der Waals surface area contributed by atoms with Crippen LogP contribution in [0.25, 0.3) is 0 Å². The SMILES string of the molecule is CCCNCc1cc2c(cc1OC(C)C#N)OCO2. The van der Waals surface area contributed by atoms with Gasteiger partial charge in [0.1, 0.15) is 11.8 Å². The molecule has 5 heteroatoms. The van der Waals surface area contributed by atoms with E-state index in [0.29, 0.717) is 18.0 Å². The Labute approximate surface area is 113 Å². The number of nitriles is 1. The van der Waals surface area contributed by atoms with E-state index in [1.54, 1.807) is 13.0 Å². The molecule has 2 rings (SSSR count). The molecule has 19 heavy (non-hydrogen) atoms. The first-order chi connectivity index (χ1) is 9.24. The van der Waals surface area contributed by atoms with E-state index in [1.807, 2.05) is 6.07 Å². The highest BCUT2D eigenvalue weighted by atomic mass is 16.7. The van der Waals surface area contributed by atoms with Gasteiger partial charge in [-0.05, 0) is 26.0 Å². The van der Waals surface area contributed by atoms with E-state index in [4.69, 9.17) is 19.5 Å². The molecular weight excluding hydrogens is 244 g/mol. The van der Waals surface area contributed by atoms with Crippen molar-refractivity contribution in [2.75, 3.05) is 13.3 Å². The van der Waals surface area contributed by atoms with Gasteiger partial charge in [0, 0.05) is 18.2 Å². The summed E-state index contributed by atoms with van der Waals surface area (Å²) in [6.45, 7) is 5.67. The summed E-state index contributed by atoms with van der Waals surface area (Å²) in [7, 11) is 0. The third kappa shape index (κ3) is 3.30. The van der Waals surface area contributed by atoms with Crippen LogP contribution in [0, 0.1) is 11.3 Å². The summed E-state index contributed by atoms with van der Waals surface area (Å²) in [6.07, 6.45) is 0.570. The molecule has 1 aliphatic rings. The fourth-order valence-electron chi connectivity index (χ4n) is 1.83. The molecule has 102 valence electrons. The van der Waals surface area contributed by atoms with E-state index in [2.05, 4.69) is 18.3 Å². The average Bonchev–Trinajstić information content (AvgIpc) is 2.86. The van der Waals surface area contributed by atoms with Gasteiger partial charge in [0.2, 0.25) is 6.79 Å². The second-order valence-electron chi connectivity index (χ2n) is 4.38. The van der Waals surface area contributed by atoms with Crippen LogP contribution < -0.4 is 19.5 Å². The monoisotopic (exact) mass is 262 g/mol. The lowest BCUT2D eigenvalue weighted by molar-refractivity contribution is 0.173. The first kappa shape index (κ1) is 13.5. The Morgan fingerprint density at radius 3 is 2.84 bits per heavy atom. The summed E-state index contributed by atoms with van der Waals surface area (Å²) < 4.78 is 16.3. The van der Waals surface area contributed by atoms with Gasteiger partial charge in [-0.25, -0.2) is 0 Å². The van der Waals surface area contributed by atoms with E-state index in [9.17, 15) is 0 Å². The number of nitrogens with zero attached hydrogens (tertiary/aromatic N) is 1. The van der Waals surface area contributed by atoms with Crippen molar-refractivity contribution in [2.24, 2.45) is 0 Å². The molecule has 0 saturated heterocycles. The Morgan fingerprint density at radius 1 is 1.42 bits per heavy atom. The summed E-state index contributed by atoms with van der Waals surface area (Å²) in [5.41, 5.74) is 0.972. The number of nitrogens with one attached hydrogen (secondary N) is 1. The maximum atomic E-state index is 8.85. The zero-order valence-electron chi connectivity index (χ0n) is 11.2. The maximum Gasteiger partial charge on any atom is 0.231 e. The van der Waals surface area contributed by atoms with Crippen LogP contribution >= 0.6 is 0 Å². The second-order valence-corrected chi connectivity index (χ2v) is 4.38. The van der Waals surface area contributed by atoms with Gasteiger partial charge >= 0.3 is 0 Å². The first-order valence-electron chi connectivity index (χ1n) is 6.44. The minimum atomic E-state index is -0.495. The van der Waals surface area contributed by atoms with Crippen molar-refractivity contribution in [3.8, 4) is 23.3 Å². The Morgan fingerprint density at radius 2 is 2.16 bits per heavy atom. The number of hydrogen-bond acceptors (Lipinski definition) is 5. The summed E-state index contributed by atoms with van der Waals surface area (Å²) in [4.78, 5) is 0.